The van der Waals surface area contributed by atoms with E-state index in [9.17, 15) is 13.2 Å². The van der Waals surface area contributed by atoms with Crippen molar-refractivity contribution in [2.24, 2.45) is 4.99 Å². The van der Waals surface area contributed by atoms with Gasteiger partial charge in [0.1, 0.15) is 6.26 Å². The van der Waals surface area contributed by atoms with Crippen molar-refractivity contribution in [3.8, 4) is 0 Å². The highest BCUT2D eigenvalue weighted by Crippen LogP contribution is 2.29. The predicted molar refractivity (Wildman–Crippen MR) is 99.6 cm³/mol. The van der Waals surface area contributed by atoms with Crippen molar-refractivity contribution in [2.75, 3.05) is 32.7 Å². The highest BCUT2D eigenvalue weighted by molar-refractivity contribution is 5.80. The summed E-state index contributed by atoms with van der Waals surface area (Å²) in [6, 6.07) is 7.01. The Bertz CT molecular complexity index is 751. The Morgan fingerprint density at radius 1 is 1.14 bits per heavy atom. The molecule has 0 atom stereocenters. The molecule has 0 aliphatic carbocycles. The number of hydrogen-bond acceptors (Lipinski definition) is 4. The Hall–Kier alpha value is -2.55. The summed E-state index contributed by atoms with van der Waals surface area (Å²) in [5, 5.41) is 7.21. The second-order valence-electron chi connectivity index (χ2n) is 6.62. The third kappa shape index (κ3) is 5.48. The molecule has 2 aromatic rings. The lowest BCUT2D eigenvalue weighted by Crippen LogP contribution is -2.52. The SMILES string of the molecule is CCNC(=NCc1ccc(C(F)(F)F)cc1)N1CCN(Cc2ccon2)CC1. The summed E-state index contributed by atoms with van der Waals surface area (Å²) in [4.78, 5) is 9.08. The van der Waals surface area contributed by atoms with E-state index in [0.29, 0.717) is 6.54 Å². The van der Waals surface area contributed by atoms with E-state index in [0.717, 1.165) is 68.6 Å². The summed E-state index contributed by atoms with van der Waals surface area (Å²) in [6.45, 7) is 7.19. The average molecular weight is 395 g/mol. The van der Waals surface area contributed by atoms with Gasteiger partial charge >= 0.3 is 6.18 Å². The fourth-order valence-corrected chi connectivity index (χ4v) is 3.06. The summed E-state index contributed by atoms with van der Waals surface area (Å²) in [5.41, 5.74) is 1.01. The molecule has 2 heterocycles. The molecule has 1 saturated heterocycles. The van der Waals surface area contributed by atoms with Crippen molar-refractivity contribution in [1.82, 2.24) is 20.3 Å². The first kappa shape index (κ1) is 20.2. The standard InChI is InChI=1S/C19H24F3N5O/c1-2-23-18(24-13-15-3-5-16(6-4-15)19(20,21)22)27-10-8-26(9-11-27)14-17-7-12-28-25-17/h3-7,12H,2,8-11,13-14H2,1H3,(H,23,24). The number of hydrogen-bond donors (Lipinski definition) is 1. The fourth-order valence-electron chi connectivity index (χ4n) is 3.06. The Morgan fingerprint density at radius 2 is 1.86 bits per heavy atom. The average Bonchev–Trinajstić information content (AvgIpc) is 3.18. The van der Waals surface area contributed by atoms with E-state index in [-0.39, 0.29) is 0 Å². The number of halogens is 3. The van der Waals surface area contributed by atoms with Crippen molar-refractivity contribution in [3.05, 3.63) is 53.4 Å². The van der Waals surface area contributed by atoms with Crippen LogP contribution in [0.2, 0.25) is 0 Å². The van der Waals surface area contributed by atoms with Gasteiger partial charge in [0.25, 0.3) is 0 Å². The van der Waals surface area contributed by atoms with Crippen molar-refractivity contribution < 1.29 is 17.7 Å². The summed E-state index contributed by atoms with van der Waals surface area (Å²) in [5.74, 6) is 0.781. The smallest absolute Gasteiger partial charge is 0.364 e. The number of nitrogens with one attached hydrogen (secondary N) is 1. The van der Waals surface area contributed by atoms with E-state index in [1.807, 2.05) is 13.0 Å². The Balaban J connectivity index is 1.57. The number of rotatable bonds is 5. The molecule has 1 aliphatic rings. The molecule has 0 unspecified atom stereocenters. The molecule has 1 aromatic heterocycles. The molecule has 9 heteroatoms. The lowest BCUT2D eigenvalue weighted by Gasteiger charge is -2.36. The minimum Gasteiger partial charge on any atom is -0.364 e. The number of nitrogens with zero attached hydrogens (tertiary/aromatic N) is 4. The van der Waals surface area contributed by atoms with Crippen LogP contribution in [0.15, 0.2) is 46.1 Å². The Kier molecular flexibility index (Phi) is 6.56. The number of guanidine groups is 1. The molecular weight excluding hydrogens is 371 g/mol. The minimum atomic E-state index is -4.32. The van der Waals surface area contributed by atoms with Crippen LogP contribution in [0, 0.1) is 0 Å². The van der Waals surface area contributed by atoms with E-state index >= 15 is 0 Å². The zero-order chi connectivity index (χ0) is 20.0. The third-order valence-electron chi connectivity index (χ3n) is 4.58. The van der Waals surface area contributed by atoms with E-state index in [2.05, 4.69) is 25.3 Å². The predicted octanol–water partition coefficient (Wildman–Crippen LogP) is 2.98. The molecule has 3 rings (SSSR count). The molecule has 1 aromatic carbocycles. The fraction of sp³-hybridized carbons (Fsp3) is 0.474. The summed E-state index contributed by atoms with van der Waals surface area (Å²) in [7, 11) is 0. The van der Waals surface area contributed by atoms with E-state index in [4.69, 9.17) is 4.52 Å². The molecule has 0 saturated carbocycles. The second kappa shape index (κ2) is 9.09. The van der Waals surface area contributed by atoms with Gasteiger partial charge in [-0.1, -0.05) is 17.3 Å². The lowest BCUT2D eigenvalue weighted by atomic mass is 10.1. The Labute approximate surface area is 162 Å². The maximum atomic E-state index is 12.7. The number of alkyl halides is 3. The number of benzene rings is 1. The van der Waals surface area contributed by atoms with Crippen LogP contribution in [0.3, 0.4) is 0 Å². The van der Waals surface area contributed by atoms with Gasteiger partial charge < -0.3 is 14.7 Å². The van der Waals surface area contributed by atoms with Crippen LogP contribution in [-0.4, -0.2) is 53.6 Å². The zero-order valence-electron chi connectivity index (χ0n) is 15.7. The summed E-state index contributed by atoms with van der Waals surface area (Å²) in [6.07, 6.45) is -2.74. The van der Waals surface area contributed by atoms with Gasteiger partial charge in [-0.3, -0.25) is 4.90 Å². The van der Waals surface area contributed by atoms with Gasteiger partial charge in [0, 0.05) is 45.3 Å². The molecule has 0 spiro atoms. The van der Waals surface area contributed by atoms with Gasteiger partial charge in [-0.15, -0.1) is 0 Å². The van der Waals surface area contributed by atoms with Crippen LogP contribution >= 0.6 is 0 Å². The van der Waals surface area contributed by atoms with E-state index < -0.39 is 11.7 Å². The van der Waals surface area contributed by atoms with E-state index in [1.165, 1.54) is 12.1 Å². The summed E-state index contributed by atoms with van der Waals surface area (Å²) < 4.78 is 42.9. The topological polar surface area (TPSA) is 56.9 Å². The molecule has 0 bridgehead atoms. The first-order valence-corrected chi connectivity index (χ1v) is 9.26. The van der Waals surface area contributed by atoms with Crippen LogP contribution in [0.1, 0.15) is 23.7 Å². The molecule has 6 nitrogen and oxygen atoms in total. The first-order valence-electron chi connectivity index (χ1n) is 9.26. The van der Waals surface area contributed by atoms with Gasteiger partial charge in [0.2, 0.25) is 0 Å². The molecular formula is C19H24F3N5O. The molecule has 0 amide bonds. The largest absolute Gasteiger partial charge is 0.416 e. The highest BCUT2D eigenvalue weighted by atomic mass is 19.4. The van der Waals surface area contributed by atoms with Crippen LogP contribution in [0.25, 0.3) is 0 Å². The molecule has 1 N–H and O–H groups in total. The monoisotopic (exact) mass is 395 g/mol. The number of aromatic nitrogens is 1. The van der Waals surface area contributed by atoms with Gasteiger partial charge in [-0.2, -0.15) is 13.2 Å². The van der Waals surface area contributed by atoms with Gasteiger partial charge in [-0.05, 0) is 24.6 Å². The van der Waals surface area contributed by atoms with Crippen LogP contribution in [0.4, 0.5) is 13.2 Å². The summed E-state index contributed by atoms with van der Waals surface area (Å²) >= 11 is 0. The van der Waals surface area contributed by atoms with Crippen molar-refractivity contribution in [3.63, 3.8) is 0 Å². The minimum absolute atomic E-state index is 0.333. The maximum absolute atomic E-state index is 12.7. The highest BCUT2D eigenvalue weighted by Gasteiger charge is 2.29. The first-order chi connectivity index (χ1) is 13.5. The van der Waals surface area contributed by atoms with Crippen molar-refractivity contribution in [1.29, 1.82) is 0 Å². The van der Waals surface area contributed by atoms with Gasteiger partial charge in [-0.25, -0.2) is 4.99 Å². The van der Waals surface area contributed by atoms with Crippen LogP contribution in [-0.2, 0) is 19.3 Å². The lowest BCUT2D eigenvalue weighted by molar-refractivity contribution is -0.137. The number of piperazine rings is 1. The maximum Gasteiger partial charge on any atom is 0.416 e. The van der Waals surface area contributed by atoms with Crippen LogP contribution in [0.5, 0.6) is 0 Å². The zero-order valence-corrected chi connectivity index (χ0v) is 15.7. The molecule has 28 heavy (non-hydrogen) atoms. The van der Waals surface area contributed by atoms with E-state index in [1.54, 1.807) is 6.26 Å². The molecule has 152 valence electrons. The molecule has 1 aliphatic heterocycles. The number of aliphatic imine (C=N–C) groups is 1. The van der Waals surface area contributed by atoms with Crippen molar-refractivity contribution >= 4 is 5.96 Å². The molecule has 1 fully saturated rings. The van der Waals surface area contributed by atoms with Crippen molar-refractivity contribution in [2.45, 2.75) is 26.2 Å². The second-order valence-corrected chi connectivity index (χ2v) is 6.62. The van der Waals surface area contributed by atoms with Crippen LogP contribution < -0.4 is 5.32 Å². The normalized spacial score (nSPS) is 16.4. The quantitative estimate of drug-likeness (QED) is 0.623. The third-order valence-corrected chi connectivity index (χ3v) is 4.58. The van der Waals surface area contributed by atoms with Gasteiger partial charge in [0.05, 0.1) is 17.8 Å². The molecule has 0 radical (unpaired) electrons. The van der Waals surface area contributed by atoms with Gasteiger partial charge in [0.15, 0.2) is 5.96 Å². The Morgan fingerprint density at radius 3 is 2.43 bits per heavy atom.